The van der Waals surface area contributed by atoms with E-state index in [0.717, 1.165) is 36.6 Å². The highest BCUT2D eigenvalue weighted by atomic mass is 35.5. The van der Waals surface area contributed by atoms with Crippen molar-refractivity contribution >= 4 is 74.1 Å². The largest absolute Gasteiger partial charge is 0.507 e. The molecule has 0 spiro atoms. The summed E-state index contributed by atoms with van der Waals surface area (Å²) < 4.78 is 2.59. The normalized spacial score (nSPS) is 25.8. The average Bonchev–Trinajstić information content (AvgIpc) is 3.83. The standard InChI is InChI=1S/C43H37ClN4O7S/c1-19-13-23(14-20(2)36(19)49)35-26-10-11-27-34(40(52)47(38(27)50)25-8-6-7-22(15-25)41(53)54)29(26)17-30-39(51)48(42(55)43(30,35)4)33-18-31(45-46(33)5)37-21(3)28-16-24(44)9-12-32(28)56-37/h6-10,12-16,18,27,29-30,34-35,49H,11,17H2,1-5H3,(H,53,54). The highest BCUT2D eigenvalue weighted by molar-refractivity contribution is 7.22. The Bertz CT molecular complexity index is 2640. The van der Waals surface area contributed by atoms with Crippen molar-refractivity contribution in [1.82, 2.24) is 9.78 Å². The van der Waals surface area contributed by atoms with Gasteiger partial charge in [-0.2, -0.15) is 5.10 Å². The Hall–Kier alpha value is -5.59. The summed E-state index contributed by atoms with van der Waals surface area (Å²) in [5.41, 5.74) is 3.19. The third-order valence-electron chi connectivity index (χ3n) is 12.7. The van der Waals surface area contributed by atoms with Gasteiger partial charge in [-0.05, 0) is 110 Å². The topological polar surface area (TPSA) is 150 Å². The molecule has 2 aromatic heterocycles. The average molecular weight is 789 g/mol. The maximum atomic E-state index is 15.2. The van der Waals surface area contributed by atoms with Crippen LogP contribution in [-0.2, 0) is 26.2 Å². The van der Waals surface area contributed by atoms with Gasteiger partial charge in [0.1, 0.15) is 17.3 Å². The number of phenols is 1. The van der Waals surface area contributed by atoms with E-state index in [0.29, 0.717) is 27.7 Å². The molecule has 11 nitrogen and oxygen atoms in total. The lowest BCUT2D eigenvalue weighted by Crippen LogP contribution is -2.49. The number of carbonyl (C=O) groups excluding carboxylic acids is 4. The highest BCUT2D eigenvalue weighted by Gasteiger charge is 2.68. The Labute approximate surface area is 330 Å². The molecule has 6 atom stereocenters. The number of aromatic hydroxyl groups is 1. The third kappa shape index (κ3) is 4.94. The van der Waals surface area contributed by atoms with Crippen LogP contribution in [0.15, 0.2) is 72.3 Å². The molecule has 2 aliphatic carbocycles. The predicted octanol–water partition coefficient (Wildman–Crippen LogP) is 7.72. The van der Waals surface area contributed by atoms with Crippen LogP contribution in [0.4, 0.5) is 11.5 Å². The Morgan fingerprint density at radius 1 is 0.929 bits per heavy atom. The minimum absolute atomic E-state index is 0.0521. The van der Waals surface area contributed by atoms with E-state index >= 15 is 4.79 Å². The van der Waals surface area contributed by atoms with Gasteiger partial charge < -0.3 is 10.2 Å². The SMILES string of the molecule is Cc1cc(C2C3=CCC4C(=O)N(c5cccc(C(=O)O)c5)C(=O)C4C3CC3C(=O)N(c4cc(-c5sc6ccc(Cl)cc6c5C)nn4C)C(=O)C32C)cc(C)c1O. The van der Waals surface area contributed by atoms with Crippen molar-refractivity contribution in [3.8, 4) is 16.3 Å². The van der Waals surface area contributed by atoms with Crippen LogP contribution in [0.3, 0.4) is 0 Å². The number of fused-ring (bicyclic) bond motifs is 5. The molecular formula is C43H37ClN4O7S. The minimum Gasteiger partial charge on any atom is -0.507 e. The van der Waals surface area contributed by atoms with Crippen molar-refractivity contribution in [1.29, 1.82) is 0 Å². The minimum atomic E-state index is -1.29. The fourth-order valence-electron chi connectivity index (χ4n) is 10.0. The van der Waals surface area contributed by atoms with Crippen molar-refractivity contribution in [2.45, 2.75) is 46.5 Å². The van der Waals surface area contributed by atoms with Crippen LogP contribution in [-0.4, -0.2) is 49.6 Å². The van der Waals surface area contributed by atoms with Gasteiger partial charge in [-0.15, -0.1) is 11.3 Å². The number of aromatic carboxylic acids is 1. The molecule has 2 N–H and O–H groups in total. The van der Waals surface area contributed by atoms with Crippen LogP contribution in [0.5, 0.6) is 5.75 Å². The third-order valence-corrected chi connectivity index (χ3v) is 14.2. The van der Waals surface area contributed by atoms with Gasteiger partial charge in [0, 0.05) is 28.8 Å². The number of benzene rings is 3. The first-order valence-electron chi connectivity index (χ1n) is 18.4. The zero-order valence-electron chi connectivity index (χ0n) is 31.2. The quantitative estimate of drug-likeness (QED) is 0.136. The Balaban J connectivity index is 1.16. The van der Waals surface area contributed by atoms with Gasteiger partial charge in [0.2, 0.25) is 23.6 Å². The first kappa shape index (κ1) is 36.1. The molecular weight excluding hydrogens is 752 g/mol. The van der Waals surface area contributed by atoms with Crippen molar-refractivity contribution in [2.75, 3.05) is 9.80 Å². The van der Waals surface area contributed by atoms with Crippen molar-refractivity contribution in [2.24, 2.45) is 36.1 Å². The molecule has 4 heterocycles. The number of nitrogens with zero attached hydrogens (tertiary/aromatic N) is 4. The molecule has 0 bridgehead atoms. The number of allylic oxidation sites excluding steroid dienone is 2. The fourth-order valence-corrected chi connectivity index (χ4v) is 11.3. The van der Waals surface area contributed by atoms with Gasteiger partial charge >= 0.3 is 5.97 Å². The smallest absolute Gasteiger partial charge is 0.335 e. The molecule has 1 saturated carbocycles. The van der Waals surface area contributed by atoms with Crippen LogP contribution in [0.1, 0.15) is 58.3 Å². The van der Waals surface area contributed by atoms with Crippen LogP contribution < -0.4 is 9.80 Å². The Morgan fingerprint density at radius 3 is 2.38 bits per heavy atom. The highest BCUT2D eigenvalue weighted by Crippen LogP contribution is 2.64. The number of carboxylic acids is 1. The van der Waals surface area contributed by atoms with E-state index in [2.05, 4.69) is 0 Å². The summed E-state index contributed by atoms with van der Waals surface area (Å²) in [5, 5.41) is 26.9. The molecule has 6 unspecified atom stereocenters. The lowest BCUT2D eigenvalue weighted by atomic mass is 9.51. The number of hydrogen-bond donors (Lipinski definition) is 2. The van der Waals surface area contributed by atoms with E-state index in [1.54, 1.807) is 49.0 Å². The number of imide groups is 2. The number of thiophene rings is 1. The molecule has 2 saturated heterocycles. The summed E-state index contributed by atoms with van der Waals surface area (Å²) in [6.45, 7) is 7.39. The molecule has 56 heavy (non-hydrogen) atoms. The number of hydrogen-bond acceptors (Lipinski definition) is 8. The molecule has 4 amide bonds. The van der Waals surface area contributed by atoms with Crippen LogP contribution >= 0.6 is 22.9 Å². The van der Waals surface area contributed by atoms with Gasteiger partial charge in [-0.25, -0.2) is 9.69 Å². The van der Waals surface area contributed by atoms with Crippen molar-refractivity contribution in [3.63, 3.8) is 0 Å². The molecule has 13 heteroatoms. The van der Waals surface area contributed by atoms with Gasteiger partial charge in [-0.1, -0.05) is 41.4 Å². The first-order valence-corrected chi connectivity index (χ1v) is 19.6. The molecule has 284 valence electrons. The molecule has 3 fully saturated rings. The summed E-state index contributed by atoms with van der Waals surface area (Å²) in [7, 11) is 1.71. The predicted molar refractivity (Wildman–Crippen MR) is 212 cm³/mol. The second-order valence-electron chi connectivity index (χ2n) is 15.7. The van der Waals surface area contributed by atoms with E-state index in [4.69, 9.17) is 16.7 Å². The van der Waals surface area contributed by atoms with Crippen LogP contribution in [0.25, 0.3) is 20.7 Å². The number of anilines is 2. The molecule has 2 aliphatic heterocycles. The number of amides is 4. The molecule has 4 aliphatic rings. The maximum absolute atomic E-state index is 15.2. The van der Waals surface area contributed by atoms with Crippen LogP contribution in [0, 0.1) is 49.9 Å². The fraction of sp³-hybridized carbons (Fsp3) is 0.302. The second kappa shape index (κ2) is 12.5. The van der Waals surface area contributed by atoms with E-state index in [1.165, 1.54) is 23.1 Å². The number of aromatic nitrogens is 2. The van der Waals surface area contributed by atoms with Gasteiger partial charge in [0.05, 0.1) is 39.3 Å². The Kier molecular flexibility index (Phi) is 8.02. The van der Waals surface area contributed by atoms with Crippen molar-refractivity contribution in [3.05, 3.63) is 105 Å². The summed E-state index contributed by atoms with van der Waals surface area (Å²) in [6.07, 6.45) is 2.36. The van der Waals surface area contributed by atoms with Gasteiger partial charge in [-0.3, -0.25) is 28.8 Å². The number of phenolic OH excluding ortho intramolecular Hbond substituents is 1. The summed E-state index contributed by atoms with van der Waals surface area (Å²) in [5.74, 6) is -6.05. The zero-order chi connectivity index (χ0) is 39.7. The molecule has 3 aromatic carbocycles. The lowest BCUT2D eigenvalue weighted by Gasteiger charge is -2.49. The van der Waals surface area contributed by atoms with Gasteiger partial charge in [0.25, 0.3) is 0 Å². The first-order chi connectivity index (χ1) is 26.6. The lowest BCUT2D eigenvalue weighted by molar-refractivity contribution is -0.131. The number of carbonyl (C=O) groups is 5. The second-order valence-corrected chi connectivity index (χ2v) is 17.2. The van der Waals surface area contributed by atoms with Crippen molar-refractivity contribution < 1.29 is 34.2 Å². The monoisotopic (exact) mass is 788 g/mol. The van der Waals surface area contributed by atoms with E-state index in [1.807, 2.05) is 50.3 Å². The maximum Gasteiger partial charge on any atom is 0.335 e. The van der Waals surface area contributed by atoms with E-state index in [-0.39, 0.29) is 29.8 Å². The van der Waals surface area contributed by atoms with E-state index in [9.17, 15) is 29.4 Å². The molecule has 0 radical (unpaired) electrons. The summed E-state index contributed by atoms with van der Waals surface area (Å²) in [6, 6.07) is 16.9. The van der Waals surface area contributed by atoms with E-state index < -0.39 is 64.6 Å². The van der Waals surface area contributed by atoms with Crippen LogP contribution in [0.2, 0.25) is 5.02 Å². The molecule has 5 aromatic rings. The number of aryl methyl sites for hydroxylation is 4. The molecule has 9 rings (SSSR count). The summed E-state index contributed by atoms with van der Waals surface area (Å²) in [4.78, 5) is 73.7. The number of halogens is 1. The zero-order valence-corrected chi connectivity index (χ0v) is 32.7. The Morgan fingerprint density at radius 2 is 1.66 bits per heavy atom. The summed E-state index contributed by atoms with van der Waals surface area (Å²) >= 11 is 7.87. The number of rotatable bonds is 5. The number of carboxylic acid groups (broad SMARTS) is 1. The van der Waals surface area contributed by atoms with Gasteiger partial charge in [0.15, 0.2) is 0 Å².